The number of oxime groups is 1. The third-order valence-corrected chi connectivity index (χ3v) is 3.41. The lowest BCUT2D eigenvalue weighted by molar-refractivity contribution is -0.150. The third-order valence-electron chi connectivity index (χ3n) is 2.31. The summed E-state index contributed by atoms with van der Waals surface area (Å²) in [5.74, 6) is -3.08. The molecule has 1 unspecified atom stereocenters. The monoisotopic (exact) mass is 278 g/mol. The van der Waals surface area contributed by atoms with Gasteiger partial charge in [-0.3, -0.25) is 0 Å². The molecule has 0 saturated heterocycles. The Morgan fingerprint density at radius 3 is 2.39 bits per heavy atom. The van der Waals surface area contributed by atoms with Gasteiger partial charge in [0, 0.05) is 10.6 Å². The molecule has 0 radical (unpaired) electrons. The number of thioether (sulfide) groups is 1. The highest BCUT2D eigenvalue weighted by Gasteiger charge is 2.42. The van der Waals surface area contributed by atoms with Gasteiger partial charge < -0.3 is 10.9 Å². The van der Waals surface area contributed by atoms with Gasteiger partial charge in [0.15, 0.2) is 5.84 Å². The number of halogens is 3. The molecular formula is C11H13F3N2OS. The van der Waals surface area contributed by atoms with Crippen molar-refractivity contribution in [1.82, 2.24) is 0 Å². The standard InChI is InChI=1S/C11H13F3N2OS/c1-7-2-4-8(5-3-7)18-6-9(10(15)16-17)11(12,13)14/h2-5,9,17H,6H2,1H3,(H2,15,16). The minimum atomic E-state index is -4.52. The molecule has 0 bridgehead atoms. The van der Waals surface area contributed by atoms with Crippen LogP contribution in [0.1, 0.15) is 5.56 Å². The van der Waals surface area contributed by atoms with Gasteiger partial charge in [0.25, 0.3) is 0 Å². The van der Waals surface area contributed by atoms with Crippen LogP contribution in [0.4, 0.5) is 13.2 Å². The summed E-state index contributed by atoms with van der Waals surface area (Å²) in [7, 11) is 0. The van der Waals surface area contributed by atoms with Crippen LogP contribution in [0.3, 0.4) is 0 Å². The maximum absolute atomic E-state index is 12.6. The number of hydrogen-bond donors (Lipinski definition) is 2. The normalized spacial score (nSPS) is 14.6. The first-order chi connectivity index (χ1) is 8.34. The Bertz CT molecular complexity index is 417. The van der Waals surface area contributed by atoms with Crippen LogP contribution in [0.2, 0.25) is 0 Å². The molecule has 1 aromatic rings. The number of rotatable bonds is 4. The molecule has 1 aromatic carbocycles. The lowest BCUT2D eigenvalue weighted by atomic mass is 10.1. The van der Waals surface area contributed by atoms with E-state index in [1.807, 2.05) is 19.1 Å². The second kappa shape index (κ2) is 5.99. The van der Waals surface area contributed by atoms with E-state index in [1.54, 1.807) is 12.1 Å². The first-order valence-electron chi connectivity index (χ1n) is 5.08. The summed E-state index contributed by atoms with van der Waals surface area (Å²) in [6.45, 7) is 1.89. The maximum Gasteiger partial charge on any atom is 0.399 e. The molecule has 1 rings (SSSR count). The van der Waals surface area contributed by atoms with Gasteiger partial charge in [-0.1, -0.05) is 22.9 Å². The van der Waals surface area contributed by atoms with E-state index in [2.05, 4.69) is 5.16 Å². The van der Waals surface area contributed by atoms with Crippen LogP contribution in [-0.2, 0) is 0 Å². The van der Waals surface area contributed by atoms with Crippen molar-refractivity contribution in [2.75, 3.05) is 5.75 Å². The van der Waals surface area contributed by atoms with Crippen molar-refractivity contribution < 1.29 is 18.4 Å². The van der Waals surface area contributed by atoms with Crippen molar-refractivity contribution in [3.63, 3.8) is 0 Å². The van der Waals surface area contributed by atoms with Crippen LogP contribution >= 0.6 is 11.8 Å². The van der Waals surface area contributed by atoms with Crippen LogP contribution in [-0.4, -0.2) is 23.0 Å². The Morgan fingerprint density at radius 1 is 1.39 bits per heavy atom. The molecule has 0 aromatic heterocycles. The number of benzene rings is 1. The average molecular weight is 278 g/mol. The fraction of sp³-hybridized carbons (Fsp3) is 0.364. The zero-order valence-corrected chi connectivity index (χ0v) is 10.4. The summed E-state index contributed by atoms with van der Waals surface area (Å²) in [6, 6.07) is 7.10. The lowest BCUT2D eigenvalue weighted by Crippen LogP contribution is -2.37. The van der Waals surface area contributed by atoms with Crippen LogP contribution in [0.15, 0.2) is 34.3 Å². The predicted octanol–water partition coefficient (Wildman–Crippen LogP) is 3.01. The molecular weight excluding hydrogens is 265 g/mol. The minimum absolute atomic E-state index is 0.317. The van der Waals surface area contributed by atoms with Gasteiger partial charge in [-0.25, -0.2) is 0 Å². The summed E-state index contributed by atoms with van der Waals surface area (Å²) >= 11 is 1.02. The molecule has 1 atom stereocenters. The molecule has 3 nitrogen and oxygen atoms in total. The van der Waals surface area contributed by atoms with Gasteiger partial charge in [0.1, 0.15) is 5.92 Å². The number of hydrogen-bond acceptors (Lipinski definition) is 3. The molecule has 0 heterocycles. The van der Waals surface area contributed by atoms with Crippen LogP contribution < -0.4 is 5.73 Å². The minimum Gasteiger partial charge on any atom is -0.409 e. The van der Waals surface area contributed by atoms with Crippen molar-refractivity contribution in [3.05, 3.63) is 29.8 Å². The molecule has 0 spiro atoms. The van der Waals surface area contributed by atoms with Gasteiger partial charge in [0.05, 0.1) is 0 Å². The molecule has 100 valence electrons. The summed E-state index contributed by atoms with van der Waals surface area (Å²) in [6.07, 6.45) is -4.52. The van der Waals surface area contributed by atoms with E-state index in [1.165, 1.54) is 0 Å². The highest BCUT2D eigenvalue weighted by molar-refractivity contribution is 7.99. The van der Waals surface area contributed by atoms with E-state index in [0.717, 1.165) is 17.3 Å². The van der Waals surface area contributed by atoms with Crippen molar-refractivity contribution >= 4 is 17.6 Å². The highest BCUT2D eigenvalue weighted by Crippen LogP contribution is 2.31. The molecule has 7 heteroatoms. The summed E-state index contributed by atoms with van der Waals surface area (Å²) in [5.41, 5.74) is 6.09. The molecule has 0 fully saturated rings. The second-order valence-corrected chi connectivity index (χ2v) is 4.84. The topological polar surface area (TPSA) is 58.6 Å². The van der Waals surface area contributed by atoms with E-state index in [-0.39, 0.29) is 5.75 Å². The van der Waals surface area contributed by atoms with Gasteiger partial charge >= 0.3 is 6.18 Å². The van der Waals surface area contributed by atoms with Crippen LogP contribution in [0.25, 0.3) is 0 Å². The molecule has 0 aliphatic carbocycles. The largest absolute Gasteiger partial charge is 0.409 e. The molecule has 0 saturated carbocycles. The SMILES string of the molecule is Cc1ccc(SCC(/C(N)=N/O)C(F)(F)F)cc1. The summed E-state index contributed by atoms with van der Waals surface area (Å²) in [5, 5.41) is 10.8. The highest BCUT2D eigenvalue weighted by atomic mass is 32.2. The first kappa shape index (κ1) is 14.7. The van der Waals surface area contributed by atoms with Crippen molar-refractivity contribution in [3.8, 4) is 0 Å². The predicted molar refractivity (Wildman–Crippen MR) is 64.9 cm³/mol. The number of nitrogens with zero attached hydrogens (tertiary/aromatic N) is 1. The summed E-state index contributed by atoms with van der Waals surface area (Å²) in [4.78, 5) is 0.709. The first-order valence-corrected chi connectivity index (χ1v) is 6.06. The Hall–Kier alpha value is -1.37. The summed E-state index contributed by atoms with van der Waals surface area (Å²) < 4.78 is 37.9. The van der Waals surface area contributed by atoms with E-state index in [4.69, 9.17) is 10.9 Å². The quantitative estimate of drug-likeness (QED) is 0.293. The van der Waals surface area contributed by atoms with Gasteiger partial charge in [-0.2, -0.15) is 13.2 Å². The van der Waals surface area contributed by atoms with Gasteiger partial charge in [0.2, 0.25) is 0 Å². The van der Waals surface area contributed by atoms with E-state index < -0.39 is 17.9 Å². The van der Waals surface area contributed by atoms with Gasteiger partial charge in [-0.15, -0.1) is 11.8 Å². The Labute approximate surface area is 107 Å². The number of aryl methyl sites for hydroxylation is 1. The Balaban J connectivity index is 2.71. The number of amidine groups is 1. The smallest absolute Gasteiger partial charge is 0.399 e. The number of nitrogens with two attached hydrogens (primary N) is 1. The van der Waals surface area contributed by atoms with Crippen molar-refractivity contribution in [2.24, 2.45) is 16.8 Å². The molecule has 18 heavy (non-hydrogen) atoms. The molecule has 0 amide bonds. The van der Waals surface area contributed by atoms with E-state index >= 15 is 0 Å². The van der Waals surface area contributed by atoms with Gasteiger partial charge in [-0.05, 0) is 19.1 Å². The zero-order chi connectivity index (χ0) is 13.8. The zero-order valence-electron chi connectivity index (χ0n) is 9.61. The van der Waals surface area contributed by atoms with Crippen LogP contribution in [0, 0.1) is 12.8 Å². The van der Waals surface area contributed by atoms with Crippen molar-refractivity contribution in [2.45, 2.75) is 18.0 Å². The molecule has 3 N–H and O–H groups in total. The lowest BCUT2D eigenvalue weighted by Gasteiger charge is -2.18. The average Bonchev–Trinajstić information content (AvgIpc) is 2.29. The second-order valence-electron chi connectivity index (χ2n) is 3.74. The third kappa shape index (κ3) is 4.14. The number of alkyl halides is 3. The Morgan fingerprint density at radius 2 is 1.94 bits per heavy atom. The fourth-order valence-electron chi connectivity index (χ4n) is 1.23. The van der Waals surface area contributed by atoms with E-state index in [9.17, 15) is 13.2 Å². The van der Waals surface area contributed by atoms with Crippen molar-refractivity contribution in [1.29, 1.82) is 0 Å². The Kier molecular flexibility index (Phi) is 4.89. The maximum atomic E-state index is 12.6. The molecule has 0 aliphatic heterocycles. The van der Waals surface area contributed by atoms with E-state index in [0.29, 0.717) is 4.90 Å². The molecule has 0 aliphatic rings. The van der Waals surface area contributed by atoms with Crippen LogP contribution in [0.5, 0.6) is 0 Å². The fourth-order valence-corrected chi connectivity index (χ4v) is 2.28.